The molecule has 0 aliphatic carbocycles. The maximum absolute atomic E-state index is 11.5. The van der Waals surface area contributed by atoms with Crippen LogP contribution in [-0.4, -0.2) is 44.2 Å². The fourth-order valence-electron chi connectivity index (χ4n) is 1.58. The van der Waals surface area contributed by atoms with Crippen LogP contribution >= 0.6 is 0 Å². The van der Waals surface area contributed by atoms with Gasteiger partial charge in [0.1, 0.15) is 6.04 Å². The van der Waals surface area contributed by atoms with E-state index in [2.05, 4.69) is 10.6 Å². The molecule has 0 bridgehead atoms. The molecule has 0 aliphatic heterocycles. The molecule has 0 aromatic heterocycles. The van der Waals surface area contributed by atoms with Crippen LogP contribution < -0.4 is 16.4 Å². The van der Waals surface area contributed by atoms with E-state index in [-0.39, 0.29) is 12.0 Å². The van der Waals surface area contributed by atoms with Gasteiger partial charge in [0.25, 0.3) is 0 Å². The maximum atomic E-state index is 11.5. The number of nitrogens with one attached hydrogen (secondary N) is 2. The number of nitrogens with two attached hydrogens (primary N) is 1. The van der Waals surface area contributed by atoms with Gasteiger partial charge in [-0.2, -0.15) is 0 Å². The Morgan fingerprint density at radius 3 is 2.12 bits per heavy atom. The highest BCUT2D eigenvalue weighted by Gasteiger charge is 2.22. The monoisotopic (exact) mass is 245 g/mol. The van der Waals surface area contributed by atoms with E-state index in [9.17, 15) is 9.59 Å². The maximum Gasteiger partial charge on any atom is 0.322 e. The fourth-order valence-corrected chi connectivity index (χ4v) is 1.58. The van der Waals surface area contributed by atoms with E-state index in [1.54, 1.807) is 7.05 Å². The van der Waals surface area contributed by atoms with Crippen molar-refractivity contribution in [1.29, 1.82) is 0 Å². The van der Waals surface area contributed by atoms with Crippen LogP contribution in [-0.2, 0) is 14.3 Å². The Morgan fingerprint density at radius 2 is 1.76 bits per heavy atom. The number of methoxy groups -OCH3 is 1. The standard InChI is InChI=1S/C11H23N3O3/c1-7(2)14-9(11(16)17-4)6-5-8(13-3)10(12)15/h7-9,13-14H,5-6H2,1-4H3,(H2,12,15). The third-order valence-electron chi connectivity index (χ3n) is 2.46. The number of carbonyl (C=O) groups excluding carboxylic acids is 2. The van der Waals surface area contributed by atoms with Crippen LogP contribution in [0, 0.1) is 0 Å². The second-order valence-corrected chi connectivity index (χ2v) is 4.22. The summed E-state index contributed by atoms with van der Waals surface area (Å²) in [7, 11) is 3.01. The van der Waals surface area contributed by atoms with Gasteiger partial charge in [-0.3, -0.25) is 9.59 Å². The average Bonchev–Trinajstić information content (AvgIpc) is 2.26. The highest BCUT2D eigenvalue weighted by molar-refractivity contribution is 5.80. The van der Waals surface area contributed by atoms with Crippen molar-refractivity contribution >= 4 is 11.9 Å². The Labute approximate surface area is 102 Å². The molecule has 6 heteroatoms. The van der Waals surface area contributed by atoms with Crippen molar-refractivity contribution in [2.45, 2.75) is 44.8 Å². The van der Waals surface area contributed by atoms with E-state index in [4.69, 9.17) is 10.5 Å². The quantitative estimate of drug-likeness (QED) is 0.496. The number of hydrogen-bond donors (Lipinski definition) is 3. The second kappa shape index (κ2) is 8.03. The van der Waals surface area contributed by atoms with Crippen molar-refractivity contribution in [1.82, 2.24) is 10.6 Å². The lowest BCUT2D eigenvalue weighted by Crippen LogP contribution is -2.45. The number of likely N-dealkylation sites (N-methyl/N-ethyl adjacent to an activating group) is 1. The Bertz CT molecular complexity index is 256. The van der Waals surface area contributed by atoms with Crippen molar-refractivity contribution in [3.8, 4) is 0 Å². The molecular formula is C11H23N3O3. The van der Waals surface area contributed by atoms with Gasteiger partial charge in [-0.25, -0.2) is 0 Å². The van der Waals surface area contributed by atoms with Crippen molar-refractivity contribution in [2.75, 3.05) is 14.2 Å². The highest BCUT2D eigenvalue weighted by atomic mass is 16.5. The summed E-state index contributed by atoms with van der Waals surface area (Å²) in [6, 6.07) is -0.660. The van der Waals surface area contributed by atoms with Gasteiger partial charge in [0.15, 0.2) is 0 Å². The molecule has 0 aromatic carbocycles. The van der Waals surface area contributed by atoms with Gasteiger partial charge < -0.3 is 21.1 Å². The molecule has 100 valence electrons. The minimum Gasteiger partial charge on any atom is -0.468 e. The van der Waals surface area contributed by atoms with Crippen LogP contribution in [0.5, 0.6) is 0 Å². The number of primary amides is 1. The molecule has 0 aliphatic rings. The third-order valence-corrected chi connectivity index (χ3v) is 2.46. The predicted octanol–water partition coefficient (Wildman–Crippen LogP) is -0.620. The molecule has 0 saturated heterocycles. The summed E-state index contributed by atoms with van der Waals surface area (Å²) in [6.07, 6.45) is 0.991. The number of hydrogen-bond acceptors (Lipinski definition) is 5. The highest BCUT2D eigenvalue weighted by Crippen LogP contribution is 2.04. The summed E-state index contributed by atoms with van der Waals surface area (Å²) in [4.78, 5) is 22.5. The first-order valence-electron chi connectivity index (χ1n) is 5.72. The zero-order valence-corrected chi connectivity index (χ0v) is 10.9. The van der Waals surface area contributed by atoms with Gasteiger partial charge in [0.2, 0.25) is 5.91 Å². The smallest absolute Gasteiger partial charge is 0.322 e. The topological polar surface area (TPSA) is 93.4 Å². The molecule has 0 spiro atoms. The van der Waals surface area contributed by atoms with Crippen LogP contribution in [0.4, 0.5) is 0 Å². The van der Waals surface area contributed by atoms with Gasteiger partial charge in [-0.1, -0.05) is 13.8 Å². The van der Waals surface area contributed by atoms with Gasteiger partial charge in [-0.15, -0.1) is 0 Å². The summed E-state index contributed by atoms with van der Waals surface area (Å²) >= 11 is 0. The number of esters is 1. The van der Waals surface area contributed by atoms with E-state index in [0.29, 0.717) is 12.8 Å². The molecule has 17 heavy (non-hydrogen) atoms. The van der Waals surface area contributed by atoms with Gasteiger partial charge in [-0.05, 0) is 19.9 Å². The minimum absolute atomic E-state index is 0.167. The molecule has 0 heterocycles. The van der Waals surface area contributed by atoms with Gasteiger partial charge in [0.05, 0.1) is 13.2 Å². The Kier molecular flexibility index (Phi) is 7.49. The molecule has 0 radical (unpaired) electrons. The largest absolute Gasteiger partial charge is 0.468 e. The molecule has 0 rings (SSSR count). The summed E-state index contributed by atoms with van der Waals surface area (Å²) < 4.78 is 4.70. The lowest BCUT2D eigenvalue weighted by Gasteiger charge is -2.20. The zero-order valence-electron chi connectivity index (χ0n) is 10.9. The number of amides is 1. The fraction of sp³-hybridized carbons (Fsp3) is 0.818. The molecular weight excluding hydrogens is 222 g/mol. The zero-order chi connectivity index (χ0) is 13.4. The first kappa shape index (κ1) is 15.9. The van der Waals surface area contributed by atoms with Crippen LogP contribution in [0.1, 0.15) is 26.7 Å². The normalized spacial score (nSPS) is 14.4. The summed E-state index contributed by atoms with van der Waals surface area (Å²) in [6.45, 7) is 3.89. The van der Waals surface area contributed by atoms with E-state index >= 15 is 0 Å². The molecule has 4 N–H and O–H groups in total. The van der Waals surface area contributed by atoms with Gasteiger partial charge >= 0.3 is 5.97 Å². The minimum atomic E-state index is -0.420. The van der Waals surface area contributed by atoms with Crippen molar-refractivity contribution < 1.29 is 14.3 Å². The molecule has 0 aromatic rings. The molecule has 6 nitrogen and oxygen atoms in total. The van der Waals surface area contributed by atoms with Gasteiger partial charge in [0, 0.05) is 6.04 Å². The Balaban J connectivity index is 4.33. The summed E-state index contributed by atoms with van der Waals surface area (Å²) in [5.74, 6) is -0.737. The molecule has 2 unspecified atom stereocenters. The van der Waals surface area contributed by atoms with Crippen LogP contribution in [0.3, 0.4) is 0 Å². The van der Waals surface area contributed by atoms with E-state index in [1.165, 1.54) is 7.11 Å². The molecule has 0 saturated carbocycles. The van der Waals surface area contributed by atoms with Crippen LogP contribution in [0.15, 0.2) is 0 Å². The summed E-state index contributed by atoms with van der Waals surface area (Å²) in [5, 5.41) is 5.91. The van der Waals surface area contributed by atoms with Crippen LogP contribution in [0.25, 0.3) is 0 Å². The SMILES string of the molecule is CNC(CCC(NC(C)C)C(=O)OC)C(N)=O. The number of ether oxygens (including phenoxy) is 1. The molecule has 0 fully saturated rings. The van der Waals surface area contributed by atoms with Crippen molar-refractivity contribution in [3.05, 3.63) is 0 Å². The van der Waals surface area contributed by atoms with Crippen LogP contribution in [0.2, 0.25) is 0 Å². The second-order valence-electron chi connectivity index (χ2n) is 4.22. The lowest BCUT2D eigenvalue weighted by molar-refractivity contribution is -0.143. The molecule has 2 atom stereocenters. The summed E-state index contributed by atoms with van der Waals surface area (Å²) in [5.41, 5.74) is 5.21. The number of carbonyl (C=O) groups is 2. The average molecular weight is 245 g/mol. The first-order chi connectivity index (χ1) is 7.92. The van der Waals surface area contributed by atoms with E-state index in [1.807, 2.05) is 13.8 Å². The predicted molar refractivity (Wildman–Crippen MR) is 65.4 cm³/mol. The lowest BCUT2D eigenvalue weighted by atomic mass is 10.1. The third kappa shape index (κ3) is 6.23. The molecule has 1 amide bonds. The van der Waals surface area contributed by atoms with Crippen molar-refractivity contribution in [3.63, 3.8) is 0 Å². The Morgan fingerprint density at radius 1 is 1.24 bits per heavy atom. The number of rotatable bonds is 8. The van der Waals surface area contributed by atoms with E-state index < -0.39 is 18.0 Å². The first-order valence-corrected chi connectivity index (χ1v) is 5.72. The van der Waals surface area contributed by atoms with E-state index in [0.717, 1.165) is 0 Å². The Hall–Kier alpha value is -1.14. The van der Waals surface area contributed by atoms with Crippen molar-refractivity contribution in [2.24, 2.45) is 5.73 Å².